The molecule has 1 unspecified atom stereocenters. The van der Waals surface area contributed by atoms with Crippen molar-refractivity contribution >= 4 is 21.6 Å². The topological polar surface area (TPSA) is 57.7 Å². The number of carbonyl (C=O) groups is 1. The maximum absolute atomic E-state index is 12.8. The molecule has 5 nitrogen and oxygen atoms in total. The maximum Gasteiger partial charge on any atom is 0.254 e. The standard InChI is InChI=1S/C17H24N2O3S/c1-3-15-6-4-5-10-18(15)17(20)14-7-8-16-13(12-14)9-11-19(16)23(2,21)22/h7-8,12,15H,3-6,9-11H2,1-2H3. The number of nitrogens with zero attached hydrogens (tertiary/aromatic N) is 2. The summed E-state index contributed by atoms with van der Waals surface area (Å²) in [6.45, 7) is 3.42. The smallest absolute Gasteiger partial charge is 0.254 e. The van der Waals surface area contributed by atoms with E-state index in [1.165, 1.54) is 17.0 Å². The number of piperidine rings is 1. The van der Waals surface area contributed by atoms with Gasteiger partial charge < -0.3 is 4.90 Å². The average molecular weight is 336 g/mol. The predicted molar refractivity (Wildman–Crippen MR) is 91.3 cm³/mol. The Labute approximate surface area is 138 Å². The van der Waals surface area contributed by atoms with Crippen LogP contribution in [-0.4, -0.2) is 44.6 Å². The van der Waals surface area contributed by atoms with Gasteiger partial charge in [0, 0.05) is 24.7 Å². The van der Waals surface area contributed by atoms with Gasteiger partial charge in [0.1, 0.15) is 0 Å². The summed E-state index contributed by atoms with van der Waals surface area (Å²) in [4.78, 5) is 14.8. The van der Waals surface area contributed by atoms with Gasteiger partial charge in [0.25, 0.3) is 5.91 Å². The minimum Gasteiger partial charge on any atom is -0.336 e. The molecular formula is C17H24N2O3S. The van der Waals surface area contributed by atoms with Crippen molar-refractivity contribution in [2.24, 2.45) is 0 Å². The van der Waals surface area contributed by atoms with Gasteiger partial charge in [-0.05, 0) is 55.9 Å². The molecule has 2 heterocycles. The van der Waals surface area contributed by atoms with Crippen LogP contribution in [0.3, 0.4) is 0 Å². The third-order valence-corrected chi connectivity index (χ3v) is 6.12. The first-order chi connectivity index (χ1) is 10.9. The molecule has 1 aromatic rings. The number of fused-ring (bicyclic) bond motifs is 1. The van der Waals surface area contributed by atoms with Crippen molar-refractivity contribution in [3.8, 4) is 0 Å². The Bertz CT molecular complexity index is 715. The molecule has 23 heavy (non-hydrogen) atoms. The number of amides is 1. The van der Waals surface area contributed by atoms with Crippen LogP contribution in [0.1, 0.15) is 48.5 Å². The predicted octanol–water partition coefficient (Wildman–Crippen LogP) is 2.41. The van der Waals surface area contributed by atoms with E-state index in [4.69, 9.17) is 0 Å². The second-order valence-electron chi connectivity index (χ2n) is 6.49. The molecule has 1 saturated heterocycles. The zero-order valence-electron chi connectivity index (χ0n) is 13.8. The van der Waals surface area contributed by atoms with E-state index in [0.29, 0.717) is 24.6 Å². The van der Waals surface area contributed by atoms with Gasteiger partial charge in [-0.1, -0.05) is 6.92 Å². The number of sulfonamides is 1. The SMILES string of the molecule is CCC1CCCCN1C(=O)c1ccc2c(c1)CCN2S(C)(=O)=O. The fourth-order valence-electron chi connectivity index (χ4n) is 3.71. The first-order valence-electron chi connectivity index (χ1n) is 8.33. The Balaban J connectivity index is 1.86. The normalized spacial score (nSPS) is 21.4. The summed E-state index contributed by atoms with van der Waals surface area (Å²) >= 11 is 0. The maximum atomic E-state index is 12.8. The Hall–Kier alpha value is -1.56. The van der Waals surface area contributed by atoms with Crippen LogP contribution in [-0.2, 0) is 16.4 Å². The number of benzene rings is 1. The Morgan fingerprint density at radius 3 is 2.74 bits per heavy atom. The van der Waals surface area contributed by atoms with Crippen molar-refractivity contribution in [3.05, 3.63) is 29.3 Å². The van der Waals surface area contributed by atoms with Crippen LogP contribution in [0.2, 0.25) is 0 Å². The molecule has 0 saturated carbocycles. The highest BCUT2D eigenvalue weighted by Gasteiger charge is 2.29. The van der Waals surface area contributed by atoms with Gasteiger partial charge in [-0.3, -0.25) is 9.10 Å². The second-order valence-corrected chi connectivity index (χ2v) is 8.39. The number of hydrogen-bond donors (Lipinski definition) is 0. The van der Waals surface area contributed by atoms with E-state index in [0.717, 1.165) is 37.1 Å². The van der Waals surface area contributed by atoms with Gasteiger partial charge in [-0.25, -0.2) is 8.42 Å². The van der Waals surface area contributed by atoms with Crippen LogP contribution in [0.15, 0.2) is 18.2 Å². The van der Waals surface area contributed by atoms with Crippen molar-refractivity contribution in [3.63, 3.8) is 0 Å². The van der Waals surface area contributed by atoms with Crippen LogP contribution < -0.4 is 4.31 Å². The Morgan fingerprint density at radius 2 is 2.04 bits per heavy atom. The fraction of sp³-hybridized carbons (Fsp3) is 0.588. The van der Waals surface area contributed by atoms with Gasteiger partial charge in [0.15, 0.2) is 0 Å². The lowest BCUT2D eigenvalue weighted by molar-refractivity contribution is 0.0608. The molecule has 2 aliphatic heterocycles. The summed E-state index contributed by atoms with van der Waals surface area (Å²) < 4.78 is 25.0. The molecule has 0 aromatic heterocycles. The van der Waals surface area contributed by atoms with Gasteiger partial charge in [0.2, 0.25) is 10.0 Å². The van der Waals surface area contributed by atoms with Crippen LogP contribution in [0.4, 0.5) is 5.69 Å². The second kappa shape index (κ2) is 6.15. The summed E-state index contributed by atoms with van der Waals surface area (Å²) in [5.41, 5.74) is 2.35. The lowest BCUT2D eigenvalue weighted by Crippen LogP contribution is -2.43. The molecule has 0 aliphatic carbocycles. The van der Waals surface area contributed by atoms with Crippen molar-refractivity contribution < 1.29 is 13.2 Å². The zero-order chi connectivity index (χ0) is 16.6. The van der Waals surface area contributed by atoms with Crippen molar-refractivity contribution in [2.75, 3.05) is 23.7 Å². The van der Waals surface area contributed by atoms with E-state index < -0.39 is 10.0 Å². The lowest BCUT2D eigenvalue weighted by atomic mass is 9.98. The number of carbonyl (C=O) groups excluding carboxylic acids is 1. The van der Waals surface area contributed by atoms with E-state index in [9.17, 15) is 13.2 Å². The van der Waals surface area contributed by atoms with E-state index in [1.807, 2.05) is 11.0 Å². The highest BCUT2D eigenvalue weighted by atomic mass is 32.2. The zero-order valence-corrected chi connectivity index (χ0v) is 14.6. The molecule has 3 rings (SSSR count). The van der Waals surface area contributed by atoms with E-state index >= 15 is 0 Å². The van der Waals surface area contributed by atoms with Crippen molar-refractivity contribution in [2.45, 2.75) is 45.1 Å². The third kappa shape index (κ3) is 3.09. The van der Waals surface area contributed by atoms with Crippen molar-refractivity contribution in [1.82, 2.24) is 4.90 Å². The molecule has 2 aliphatic rings. The van der Waals surface area contributed by atoms with Crippen molar-refractivity contribution in [1.29, 1.82) is 0 Å². The Kier molecular flexibility index (Phi) is 4.36. The number of anilines is 1. The molecule has 1 fully saturated rings. The monoisotopic (exact) mass is 336 g/mol. The largest absolute Gasteiger partial charge is 0.336 e. The minimum atomic E-state index is -3.24. The molecule has 0 spiro atoms. The van der Waals surface area contributed by atoms with E-state index in [1.54, 1.807) is 12.1 Å². The molecule has 1 amide bonds. The van der Waals surface area contributed by atoms with Gasteiger partial charge in [-0.2, -0.15) is 0 Å². The average Bonchev–Trinajstić information content (AvgIpc) is 2.97. The summed E-state index contributed by atoms with van der Waals surface area (Å²) in [5.74, 6) is 0.0807. The Morgan fingerprint density at radius 1 is 1.26 bits per heavy atom. The molecule has 126 valence electrons. The van der Waals surface area contributed by atoms with Gasteiger partial charge in [-0.15, -0.1) is 0 Å². The van der Waals surface area contributed by atoms with Gasteiger partial charge in [0.05, 0.1) is 11.9 Å². The summed E-state index contributed by atoms with van der Waals surface area (Å²) in [6, 6.07) is 5.76. The number of likely N-dealkylation sites (tertiary alicyclic amines) is 1. The summed E-state index contributed by atoms with van der Waals surface area (Å²) in [6.07, 6.45) is 6.21. The highest BCUT2D eigenvalue weighted by molar-refractivity contribution is 7.92. The van der Waals surface area contributed by atoms with E-state index in [-0.39, 0.29) is 5.91 Å². The first kappa shape index (κ1) is 16.3. The fourth-order valence-corrected chi connectivity index (χ4v) is 4.67. The number of rotatable bonds is 3. The summed E-state index contributed by atoms with van der Waals surface area (Å²) in [5, 5.41) is 0. The van der Waals surface area contributed by atoms with E-state index in [2.05, 4.69) is 6.92 Å². The molecule has 6 heteroatoms. The molecule has 1 aromatic carbocycles. The highest BCUT2D eigenvalue weighted by Crippen LogP contribution is 2.31. The molecule has 0 N–H and O–H groups in total. The minimum absolute atomic E-state index is 0.0807. The van der Waals surface area contributed by atoms with Crippen LogP contribution in [0, 0.1) is 0 Å². The quantitative estimate of drug-likeness (QED) is 0.852. The molecule has 0 bridgehead atoms. The number of hydrogen-bond acceptors (Lipinski definition) is 3. The van der Waals surface area contributed by atoms with Gasteiger partial charge >= 0.3 is 0 Å². The van der Waals surface area contributed by atoms with Crippen LogP contribution >= 0.6 is 0 Å². The lowest BCUT2D eigenvalue weighted by Gasteiger charge is -2.35. The summed E-state index contributed by atoms with van der Waals surface area (Å²) in [7, 11) is -3.24. The third-order valence-electron chi connectivity index (χ3n) is 4.94. The first-order valence-corrected chi connectivity index (χ1v) is 10.2. The molecule has 0 radical (unpaired) electrons. The molecular weight excluding hydrogens is 312 g/mol. The molecule has 1 atom stereocenters. The van der Waals surface area contributed by atoms with Crippen LogP contribution in [0.5, 0.6) is 0 Å². The van der Waals surface area contributed by atoms with Crippen LogP contribution in [0.25, 0.3) is 0 Å².